The molecule has 2 aromatic heterocycles. The van der Waals surface area contributed by atoms with Gasteiger partial charge in [-0.25, -0.2) is 4.68 Å². The molecule has 1 aliphatic rings. The zero-order chi connectivity index (χ0) is 26.1. The molecular weight excluding hydrogens is 514 g/mol. The van der Waals surface area contributed by atoms with Crippen molar-refractivity contribution >= 4 is 39.4 Å². The lowest BCUT2D eigenvalue weighted by molar-refractivity contribution is 0.102. The summed E-state index contributed by atoms with van der Waals surface area (Å²) in [5.41, 5.74) is 10.3. The smallest absolute Gasteiger partial charge is 0.255 e. The van der Waals surface area contributed by atoms with Crippen molar-refractivity contribution in [1.82, 2.24) is 15.0 Å². The lowest BCUT2D eigenvalue weighted by atomic mass is 10.1. The van der Waals surface area contributed by atoms with Gasteiger partial charge in [0.25, 0.3) is 5.91 Å². The molecule has 0 saturated heterocycles. The second-order valence-electron chi connectivity index (χ2n) is 9.24. The molecule has 1 aliphatic carbocycles. The maximum Gasteiger partial charge on any atom is 0.255 e. The standard InChI is InChI=1S/C29H25N5O2S2/c30-24-13-12-22(28-15-14-27(37-28)20-8-9-20)16-25(24)31-29(35)21-10-6-19(7-11-21)26-17-34(33-32-26)18-38(36)23-4-2-1-3-5-23/h1-7,10-17,20H,8-9,18,30H2,(H,31,35). The molecule has 6 rings (SSSR count). The van der Waals surface area contributed by atoms with Crippen molar-refractivity contribution in [3.63, 3.8) is 0 Å². The van der Waals surface area contributed by atoms with Crippen LogP contribution in [0.15, 0.2) is 96.0 Å². The highest BCUT2D eigenvalue weighted by Crippen LogP contribution is 2.45. The molecule has 0 radical (unpaired) electrons. The van der Waals surface area contributed by atoms with Gasteiger partial charge in [0.2, 0.25) is 0 Å². The summed E-state index contributed by atoms with van der Waals surface area (Å²) in [6, 6.07) is 26.5. The molecule has 1 fully saturated rings. The Bertz CT molecular complexity index is 1620. The number of aromatic nitrogens is 3. The van der Waals surface area contributed by atoms with Gasteiger partial charge in [-0.3, -0.25) is 9.00 Å². The summed E-state index contributed by atoms with van der Waals surface area (Å²) in [4.78, 5) is 16.3. The second-order valence-corrected chi connectivity index (χ2v) is 11.8. The number of thiophene rings is 1. The van der Waals surface area contributed by atoms with E-state index in [1.807, 2.05) is 60.7 Å². The summed E-state index contributed by atoms with van der Waals surface area (Å²) in [6.45, 7) is 0. The van der Waals surface area contributed by atoms with Crippen molar-refractivity contribution in [3.8, 4) is 21.7 Å². The number of nitrogens with zero attached hydrogens (tertiary/aromatic N) is 3. The zero-order valence-corrected chi connectivity index (χ0v) is 22.0. The average molecular weight is 540 g/mol. The van der Waals surface area contributed by atoms with Crippen LogP contribution in [-0.4, -0.2) is 25.1 Å². The molecule has 190 valence electrons. The van der Waals surface area contributed by atoms with E-state index in [0.717, 1.165) is 16.0 Å². The average Bonchev–Trinajstić information content (AvgIpc) is 3.49. The number of nitrogens with one attached hydrogen (secondary N) is 1. The van der Waals surface area contributed by atoms with Crippen molar-refractivity contribution in [1.29, 1.82) is 0 Å². The maximum absolute atomic E-state index is 13.0. The van der Waals surface area contributed by atoms with Crippen LogP contribution in [0.4, 0.5) is 11.4 Å². The predicted octanol–water partition coefficient (Wildman–Crippen LogP) is 6.15. The first kappa shape index (κ1) is 24.3. The van der Waals surface area contributed by atoms with Gasteiger partial charge >= 0.3 is 0 Å². The minimum absolute atomic E-state index is 0.214. The summed E-state index contributed by atoms with van der Waals surface area (Å²) in [5, 5.41) is 11.3. The van der Waals surface area contributed by atoms with Crippen LogP contribution in [0.2, 0.25) is 0 Å². The number of hydrogen-bond acceptors (Lipinski definition) is 6. The Hall–Kier alpha value is -4.08. The third-order valence-electron chi connectivity index (χ3n) is 6.43. The highest BCUT2D eigenvalue weighted by Gasteiger charge is 2.25. The number of hydrogen-bond donors (Lipinski definition) is 2. The zero-order valence-electron chi connectivity index (χ0n) is 20.4. The number of benzene rings is 3. The van der Waals surface area contributed by atoms with Crippen LogP contribution >= 0.6 is 11.3 Å². The third-order valence-corrected chi connectivity index (χ3v) is 9.02. The summed E-state index contributed by atoms with van der Waals surface area (Å²) in [5.74, 6) is 0.686. The fourth-order valence-electron chi connectivity index (χ4n) is 4.16. The molecular formula is C29H25N5O2S2. The maximum atomic E-state index is 13.0. The number of rotatable bonds is 8. The number of nitrogens with two attached hydrogens (primary N) is 1. The molecule has 7 nitrogen and oxygen atoms in total. The Kier molecular flexibility index (Phi) is 6.61. The molecule has 5 aromatic rings. The Balaban J connectivity index is 1.13. The van der Waals surface area contributed by atoms with Crippen LogP contribution in [0.1, 0.15) is 34.0 Å². The Morgan fingerprint density at radius 3 is 2.53 bits per heavy atom. The van der Waals surface area contributed by atoms with Crippen LogP contribution in [0.25, 0.3) is 21.7 Å². The van der Waals surface area contributed by atoms with Gasteiger partial charge in [-0.1, -0.05) is 41.6 Å². The molecule has 0 aliphatic heterocycles. The molecule has 3 aromatic carbocycles. The van der Waals surface area contributed by atoms with E-state index in [4.69, 9.17) is 5.73 Å². The SMILES string of the molecule is Nc1ccc(-c2ccc(C3CC3)s2)cc1NC(=O)c1ccc(-c2cn(CS(=O)c3ccccc3)nn2)cc1. The number of carbonyl (C=O) groups excluding carboxylic acids is 1. The number of nitrogen functional groups attached to an aromatic ring is 1. The molecule has 1 atom stereocenters. The molecule has 2 heterocycles. The molecule has 38 heavy (non-hydrogen) atoms. The molecule has 1 saturated carbocycles. The van der Waals surface area contributed by atoms with Crippen molar-refractivity contribution < 1.29 is 9.00 Å². The van der Waals surface area contributed by atoms with E-state index < -0.39 is 10.8 Å². The fourth-order valence-corrected chi connectivity index (χ4v) is 6.31. The highest BCUT2D eigenvalue weighted by molar-refractivity contribution is 7.84. The molecule has 1 unspecified atom stereocenters. The quantitative estimate of drug-likeness (QED) is 0.230. The van der Waals surface area contributed by atoms with Crippen LogP contribution in [0, 0.1) is 0 Å². The second kappa shape index (κ2) is 10.4. The Morgan fingerprint density at radius 1 is 1.00 bits per heavy atom. The Morgan fingerprint density at radius 2 is 1.76 bits per heavy atom. The number of amides is 1. The molecule has 3 N–H and O–H groups in total. The van der Waals surface area contributed by atoms with Crippen molar-refractivity contribution in [3.05, 3.63) is 102 Å². The first-order valence-corrected chi connectivity index (χ1v) is 14.4. The van der Waals surface area contributed by atoms with Crippen LogP contribution in [-0.2, 0) is 16.7 Å². The van der Waals surface area contributed by atoms with Gasteiger partial charge in [0, 0.05) is 25.8 Å². The van der Waals surface area contributed by atoms with Crippen LogP contribution < -0.4 is 11.1 Å². The normalized spacial score (nSPS) is 13.8. The summed E-state index contributed by atoms with van der Waals surface area (Å²) in [7, 11) is -1.22. The first-order chi connectivity index (χ1) is 18.5. The van der Waals surface area contributed by atoms with E-state index in [0.29, 0.717) is 28.6 Å². The van der Waals surface area contributed by atoms with Gasteiger partial charge in [0.15, 0.2) is 0 Å². The van der Waals surface area contributed by atoms with E-state index >= 15 is 0 Å². The first-order valence-electron chi connectivity index (χ1n) is 12.3. The van der Waals surface area contributed by atoms with E-state index in [2.05, 4.69) is 27.8 Å². The minimum atomic E-state index is -1.22. The largest absolute Gasteiger partial charge is 0.397 e. The third kappa shape index (κ3) is 5.29. The topological polar surface area (TPSA) is 103 Å². The molecule has 9 heteroatoms. The highest BCUT2D eigenvalue weighted by atomic mass is 32.2. The van der Waals surface area contributed by atoms with Gasteiger partial charge < -0.3 is 11.1 Å². The van der Waals surface area contributed by atoms with Gasteiger partial charge in [0.05, 0.1) is 28.4 Å². The van der Waals surface area contributed by atoms with E-state index in [1.165, 1.54) is 22.6 Å². The lowest BCUT2D eigenvalue weighted by Crippen LogP contribution is -2.13. The summed E-state index contributed by atoms with van der Waals surface area (Å²) >= 11 is 1.81. The van der Waals surface area contributed by atoms with Gasteiger partial charge in [-0.15, -0.1) is 16.4 Å². The Labute approximate surface area is 226 Å². The van der Waals surface area contributed by atoms with Crippen LogP contribution in [0.5, 0.6) is 0 Å². The van der Waals surface area contributed by atoms with Gasteiger partial charge in [-0.05, 0) is 72.9 Å². The van der Waals surface area contributed by atoms with E-state index in [-0.39, 0.29) is 11.8 Å². The van der Waals surface area contributed by atoms with Crippen molar-refractivity contribution in [2.24, 2.45) is 0 Å². The van der Waals surface area contributed by atoms with Crippen molar-refractivity contribution in [2.45, 2.75) is 29.5 Å². The molecule has 0 bridgehead atoms. The molecule has 1 amide bonds. The summed E-state index contributed by atoms with van der Waals surface area (Å²) < 4.78 is 14.1. The van der Waals surface area contributed by atoms with Crippen LogP contribution in [0.3, 0.4) is 0 Å². The fraction of sp³-hybridized carbons (Fsp3) is 0.138. The van der Waals surface area contributed by atoms with Gasteiger partial charge in [0.1, 0.15) is 11.6 Å². The van der Waals surface area contributed by atoms with E-state index in [9.17, 15) is 9.00 Å². The minimum Gasteiger partial charge on any atom is -0.397 e. The number of carbonyl (C=O) groups is 1. The monoisotopic (exact) mass is 539 g/mol. The summed E-state index contributed by atoms with van der Waals surface area (Å²) in [6.07, 6.45) is 4.30. The predicted molar refractivity (Wildman–Crippen MR) is 152 cm³/mol. The van der Waals surface area contributed by atoms with Crippen molar-refractivity contribution in [2.75, 3.05) is 11.1 Å². The van der Waals surface area contributed by atoms with E-state index in [1.54, 1.807) is 34.3 Å². The molecule has 0 spiro atoms. The lowest BCUT2D eigenvalue weighted by Gasteiger charge is -2.10. The van der Waals surface area contributed by atoms with Gasteiger partial charge in [-0.2, -0.15) is 0 Å². The number of anilines is 2.